The first-order valence-corrected chi connectivity index (χ1v) is 28.7. The second kappa shape index (κ2) is 17.7. The van der Waals surface area contributed by atoms with Crippen molar-refractivity contribution in [2.75, 3.05) is 9.80 Å². The second-order valence-corrected chi connectivity index (χ2v) is 23.7. The van der Waals surface area contributed by atoms with Gasteiger partial charge in [-0.3, -0.25) is 0 Å². The van der Waals surface area contributed by atoms with Crippen LogP contribution in [0.5, 0.6) is 0 Å². The third kappa shape index (κ3) is 7.09. The predicted molar refractivity (Wildman–Crippen MR) is 343 cm³/mol. The van der Waals surface area contributed by atoms with E-state index in [-0.39, 0.29) is 10.8 Å². The molecular weight excluding hydrogens is 981 g/mol. The van der Waals surface area contributed by atoms with Crippen LogP contribution < -0.4 is 9.80 Å². The Hall–Kier alpha value is -9.64. The van der Waals surface area contributed by atoms with Crippen molar-refractivity contribution < 1.29 is 0 Å². The van der Waals surface area contributed by atoms with E-state index in [0.717, 1.165) is 58.0 Å². The Morgan fingerprint density at radius 1 is 0.407 bits per heavy atom. The summed E-state index contributed by atoms with van der Waals surface area (Å²) in [4.78, 5) is 8.83. The van der Waals surface area contributed by atoms with Crippen molar-refractivity contribution in [2.45, 2.75) is 51.4 Å². The molecule has 388 valence electrons. The van der Waals surface area contributed by atoms with Crippen molar-refractivity contribution in [3.05, 3.63) is 271 Å². The Balaban J connectivity index is 0.785. The maximum atomic E-state index is 4.05. The quantitative estimate of drug-likeness (QED) is 0.164. The lowest BCUT2D eigenvalue weighted by molar-refractivity contribution is 0.651. The van der Waals surface area contributed by atoms with Crippen molar-refractivity contribution in [3.8, 4) is 33.4 Å². The zero-order valence-electron chi connectivity index (χ0n) is 46.3. The number of benzene rings is 11. The molecule has 0 saturated carbocycles. The normalized spacial score (nSPS) is 14.7. The molecule has 0 amide bonds. The molecule has 2 heterocycles. The number of hydrogen-bond donors (Lipinski definition) is 1. The average Bonchev–Trinajstić information content (AvgIpc) is 4.40. The highest BCUT2D eigenvalue weighted by Crippen LogP contribution is 2.53. The molecule has 0 bridgehead atoms. The van der Waals surface area contributed by atoms with Crippen molar-refractivity contribution in [1.82, 2.24) is 9.55 Å². The Morgan fingerprint density at radius 2 is 0.914 bits per heavy atom. The van der Waals surface area contributed by atoms with Crippen LogP contribution in [0.2, 0.25) is 0 Å². The van der Waals surface area contributed by atoms with E-state index >= 15 is 0 Å². The van der Waals surface area contributed by atoms with E-state index in [4.69, 9.17) is 0 Å². The minimum absolute atomic E-state index is 0.00526. The van der Waals surface area contributed by atoms with Crippen LogP contribution in [0.15, 0.2) is 248 Å². The number of aromatic nitrogens is 2. The second-order valence-electron chi connectivity index (χ2n) is 23.7. The summed E-state index contributed by atoms with van der Waals surface area (Å²) in [7, 11) is 2.24. The summed E-state index contributed by atoms with van der Waals surface area (Å²) in [6.07, 6.45) is 6.96. The number of nitrogens with one attached hydrogen (secondary N) is 1. The molecule has 0 radical (unpaired) electrons. The minimum Gasteiger partial charge on any atom is -0.353 e. The van der Waals surface area contributed by atoms with Gasteiger partial charge in [0.1, 0.15) is 0 Å². The molecule has 4 nitrogen and oxygen atoms in total. The van der Waals surface area contributed by atoms with E-state index in [2.05, 4.69) is 297 Å². The number of nitrogens with zero attached hydrogens (tertiary/aromatic N) is 3. The maximum absolute atomic E-state index is 4.05. The third-order valence-electron chi connectivity index (χ3n) is 18.6. The number of allylic oxidation sites excluding steroid dienone is 4. The summed E-state index contributed by atoms with van der Waals surface area (Å²) in [6, 6.07) is 85.8. The molecule has 0 spiro atoms. The number of aryl methyl sites for hydroxylation is 1. The molecule has 13 aromatic rings. The molecule has 0 unspecified atom stereocenters. The van der Waals surface area contributed by atoms with Crippen molar-refractivity contribution in [2.24, 2.45) is 7.05 Å². The number of anilines is 6. The van der Waals surface area contributed by atoms with E-state index < -0.39 is 0 Å². The van der Waals surface area contributed by atoms with E-state index in [9.17, 15) is 0 Å². The van der Waals surface area contributed by atoms with Gasteiger partial charge in [-0.15, -0.1) is 0 Å². The molecule has 16 rings (SSSR count). The van der Waals surface area contributed by atoms with Crippen LogP contribution in [-0.4, -0.2) is 9.55 Å². The molecule has 1 N–H and O–H groups in total. The van der Waals surface area contributed by atoms with Gasteiger partial charge in [0.2, 0.25) is 0 Å². The molecule has 3 aliphatic carbocycles. The number of H-pyrrole nitrogens is 1. The van der Waals surface area contributed by atoms with Gasteiger partial charge in [-0.05, 0) is 175 Å². The van der Waals surface area contributed by atoms with Crippen LogP contribution in [-0.2, 0) is 17.9 Å². The first-order valence-electron chi connectivity index (χ1n) is 28.7. The summed E-state index contributed by atoms with van der Waals surface area (Å²) in [5.74, 6) is 0. The fourth-order valence-corrected chi connectivity index (χ4v) is 14.5. The Kier molecular flexibility index (Phi) is 10.3. The average molecular weight is 1040 g/mol. The van der Waals surface area contributed by atoms with Gasteiger partial charge < -0.3 is 19.4 Å². The largest absolute Gasteiger partial charge is 0.353 e. The van der Waals surface area contributed by atoms with Gasteiger partial charge in [0.05, 0.1) is 16.6 Å². The number of hydrogen-bond acceptors (Lipinski definition) is 2. The summed E-state index contributed by atoms with van der Waals surface area (Å²) >= 11 is 0. The molecule has 0 fully saturated rings. The minimum atomic E-state index is -0.0557. The molecule has 0 saturated heterocycles. The Labute approximate surface area is 473 Å². The van der Waals surface area contributed by atoms with E-state index in [1.807, 2.05) is 0 Å². The van der Waals surface area contributed by atoms with Crippen LogP contribution in [0.25, 0.3) is 93.3 Å². The first kappa shape index (κ1) is 47.4. The lowest BCUT2D eigenvalue weighted by Gasteiger charge is -2.26. The van der Waals surface area contributed by atoms with Gasteiger partial charge >= 0.3 is 0 Å². The highest BCUT2D eigenvalue weighted by molar-refractivity contribution is 6.35. The van der Waals surface area contributed by atoms with Gasteiger partial charge in [0, 0.05) is 79.1 Å². The molecule has 3 aliphatic rings. The van der Waals surface area contributed by atoms with E-state index in [0.29, 0.717) is 0 Å². The van der Waals surface area contributed by atoms with Gasteiger partial charge in [0.25, 0.3) is 0 Å². The third-order valence-corrected chi connectivity index (χ3v) is 18.6. The number of aromatic amines is 1. The number of para-hydroxylation sites is 2. The summed E-state index contributed by atoms with van der Waals surface area (Å²) in [6.45, 7) is 9.48. The Morgan fingerprint density at radius 3 is 1.57 bits per heavy atom. The van der Waals surface area contributed by atoms with Gasteiger partial charge in [0.15, 0.2) is 0 Å². The van der Waals surface area contributed by atoms with Crippen LogP contribution in [0, 0.1) is 0 Å². The topological polar surface area (TPSA) is 27.2 Å². The van der Waals surface area contributed by atoms with Gasteiger partial charge in [-0.1, -0.05) is 185 Å². The van der Waals surface area contributed by atoms with E-state index in [1.165, 1.54) is 110 Å². The number of fused-ring (bicyclic) bond motifs is 15. The van der Waals surface area contributed by atoms with Crippen molar-refractivity contribution in [1.29, 1.82) is 0 Å². The van der Waals surface area contributed by atoms with Gasteiger partial charge in [-0.2, -0.15) is 0 Å². The monoisotopic (exact) mass is 1040 g/mol. The summed E-state index contributed by atoms with van der Waals surface area (Å²) in [5, 5.41) is 7.44. The molecule has 2 aromatic heterocycles. The zero-order chi connectivity index (χ0) is 54.3. The zero-order valence-corrected chi connectivity index (χ0v) is 46.3. The standard InChI is InChI=1S/C77H60N4/c1-76(2)66-26-16-14-22-58(66)60-40-32-50(44-68(60)76)48-28-34-54(35-29-48)80(52-18-8-6-9-19-52)56-38-42-64-70(46-56)78-74-72(64)62-24-12-13-25-63(62)73-65-43-39-57(47-71(65)79(5)75(73)74)81(53-20-10-7-11-21-53)55-36-30-49(31-37-55)51-33-41-61-59-23-15-17-27-67(59)77(3,4)69(61)45-51/h6-13,15-21,23-47,78H,14,22H2,1-5H3. The van der Waals surface area contributed by atoms with Crippen LogP contribution in [0.3, 0.4) is 0 Å². The molecule has 11 aromatic carbocycles. The smallest absolute Gasteiger partial charge is 0.0740 e. The fourth-order valence-electron chi connectivity index (χ4n) is 14.5. The van der Waals surface area contributed by atoms with E-state index in [1.54, 1.807) is 0 Å². The van der Waals surface area contributed by atoms with Crippen molar-refractivity contribution in [3.63, 3.8) is 0 Å². The number of rotatable bonds is 8. The predicted octanol–water partition coefficient (Wildman–Crippen LogP) is 21.1. The molecular formula is C77H60N4. The molecule has 0 atom stereocenters. The SMILES string of the molecule is Cn1c2cc(N(c3ccccc3)c3ccc(-c4ccc5c(c4)C(C)(C)c4ccccc4-5)cc3)ccc2c2c3ccccc3c3c4ccc(N(c5ccccc5)c5ccc(-c6ccc7c(c6)C(C)(C)C6=C7CCC=C6)cc5)cc4[nH]c3c21. The molecule has 4 heteroatoms. The molecule has 0 aliphatic heterocycles. The highest BCUT2D eigenvalue weighted by atomic mass is 15.1. The van der Waals surface area contributed by atoms with Crippen LogP contribution >= 0.6 is 0 Å². The highest BCUT2D eigenvalue weighted by Gasteiger charge is 2.38. The summed E-state index contributed by atoms with van der Waals surface area (Å²) in [5.41, 5.74) is 27.5. The van der Waals surface area contributed by atoms with Crippen molar-refractivity contribution >= 4 is 94.1 Å². The Bertz CT molecular complexity index is 4800. The lowest BCUT2D eigenvalue weighted by Crippen LogP contribution is -2.16. The maximum Gasteiger partial charge on any atom is 0.0740 e. The van der Waals surface area contributed by atoms with Gasteiger partial charge in [-0.25, -0.2) is 0 Å². The van der Waals surface area contributed by atoms with Crippen LogP contribution in [0.1, 0.15) is 62.8 Å². The first-order chi connectivity index (χ1) is 39.6. The fraction of sp³-hybridized carbons (Fsp3) is 0.117. The van der Waals surface area contributed by atoms with Crippen LogP contribution in [0.4, 0.5) is 34.1 Å². The summed E-state index contributed by atoms with van der Waals surface area (Å²) < 4.78 is 2.42. The molecule has 81 heavy (non-hydrogen) atoms. The lowest BCUT2D eigenvalue weighted by atomic mass is 9.79.